The average Bonchev–Trinajstić information content (AvgIpc) is 1.97. The van der Waals surface area contributed by atoms with Crippen molar-refractivity contribution in [3.63, 3.8) is 0 Å². The van der Waals surface area contributed by atoms with Crippen LogP contribution in [-0.2, 0) is 4.79 Å². The maximum Gasteiger partial charge on any atom is 0.233 e. The molecule has 3 heteroatoms. The predicted octanol–water partition coefficient (Wildman–Crippen LogP) is 2.03. The molecule has 0 spiro atoms. The number of hydrogen-bond acceptors (Lipinski definition) is 1. The molecular formula is C9H16BrNO. The van der Waals surface area contributed by atoms with Crippen LogP contribution in [0.4, 0.5) is 0 Å². The molecule has 0 atom stereocenters. The molecule has 12 heavy (non-hydrogen) atoms. The van der Waals surface area contributed by atoms with Gasteiger partial charge in [0.2, 0.25) is 5.91 Å². The number of carbonyl (C=O) groups is 1. The van der Waals surface area contributed by atoms with Crippen molar-refractivity contribution in [1.29, 1.82) is 0 Å². The zero-order valence-electron chi connectivity index (χ0n) is 7.93. The Morgan fingerprint density at radius 2 is 2.08 bits per heavy atom. The van der Waals surface area contributed by atoms with Gasteiger partial charge in [-0.1, -0.05) is 29.8 Å². The van der Waals surface area contributed by atoms with Gasteiger partial charge in [0, 0.05) is 13.1 Å². The normalized spacial score (nSPS) is 21.7. The Morgan fingerprint density at radius 1 is 1.58 bits per heavy atom. The zero-order valence-corrected chi connectivity index (χ0v) is 9.52. The molecule has 0 heterocycles. The van der Waals surface area contributed by atoms with Crippen LogP contribution in [0.25, 0.3) is 0 Å². The molecule has 1 rings (SSSR count). The fourth-order valence-electron chi connectivity index (χ4n) is 1.79. The third-order valence-electron chi connectivity index (χ3n) is 2.63. The van der Waals surface area contributed by atoms with E-state index in [1.807, 2.05) is 11.9 Å². The van der Waals surface area contributed by atoms with Crippen LogP contribution in [-0.4, -0.2) is 29.2 Å². The van der Waals surface area contributed by atoms with E-state index in [0.29, 0.717) is 16.8 Å². The minimum atomic E-state index is 0.190. The van der Waals surface area contributed by atoms with Crippen LogP contribution in [0.2, 0.25) is 0 Å². The van der Waals surface area contributed by atoms with Gasteiger partial charge in [0.15, 0.2) is 0 Å². The van der Waals surface area contributed by atoms with Crippen molar-refractivity contribution in [1.82, 2.24) is 4.90 Å². The van der Waals surface area contributed by atoms with Crippen LogP contribution in [0.15, 0.2) is 0 Å². The summed E-state index contributed by atoms with van der Waals surface area (Å²) in [7, 11) is 1.89. The summed E-state index contributed by atoms with van der Waals surface area (Å²) in [5.41, 5.74) is 0.450. The average molecular weight is 234 g/mol. The number of hydrogen-bond donors (Lipinski definition) is 0. The molecule has 0 unspecified atom stereocenters. The standard InChI is InChI=1S/C9H16BrNO/c1-9(2)4-7(5-9)11(3)8(12)6-10/h7H,4-6H2,1-3H3. The first kappa shape index (κ1) is 10.0. The number of halogens is 1. The number of alkyl halides is 1. The molecule has 1 fully saturated rings. The molecule has 0 bridgehead atoms. The van der Waals surface area contributed by atoms with E-state index >= 15 is 0 Å². The van der Waals surface area contributed by atoms with Crippen molar-refractivity contribution in [2.24, 2.45) is 5.41 Å². The lowest BCUT2D eigenvalue weighted by molar-refractivity contribution is -0.132. The van der Waals surface area contributed by atoms with Crippen molar-refractivity contribution >= 4 is 21.8 Å². The van der Waals surface area contributed by atoms with Crippen molar-refractivity contribution in [3.8, 4) is 0 Å². The van der Waals surface area contributed by atoms with Gasteiger partial charge in [-0.3, -0.25) is 4.79 Å². The summed E-state index contributed by atoms with van der Waals surface area (Å²) in [5, 5.41) is 0.445. The highest BCUT2D eigenvalue weighted by Gasteiger charge is 2.39. The second-order valence-corrected chi connectivity index (χ2v) is 4.93. The second-order valence-electron chi connectivity index (χ2n) is 4.36. The maximum absolute atomic E-state index is 11.2. The second kappa shape index (κ2) is 3.36. The lowest BCUT2D eigenvalue weighted by Gasteiger charge is -2.46. The Hall–Kier alpha value is -0.0500. The summed E-state index contributed by atoms with van der Waals surface area (Å²) in [6.07, 6.45) is 2.28. The summed E-state index contributed by atoms with van der Waals surface area (Å²) in [6.45, 7) is 4.49. The molecule has 0 aromatic carbocycles. The van der Waals surface area contributed by atoms with E-state index in [1.54, 1.807) is 0 Å². The van der Waals surface area contributed by atoms with Crippen LogP contribution < -0.4 is 0 Å². The summed E-state index contributed by atoms with van der Waals surface area (Å²) >= 11 is 3.17. The molecule has 0 aromatic heterocycles. The van der Waals surface area contributed by atoms with Crippen LogP contribution in [0.3, 0.4) is 0 Å². The van der Waals surface area contributed by atoms with Crippen LogP contribution >= 0.6 is 15.9 Å². The van der Waals surface area contributed by atoms with E-state index in [9.17, 15) is 4.79 Å². The minimum Gasteiger partial charge on any atom is -0.342 e. The van der Waals surface area contributed by atoms with Gasteiger partial charge < -0.3 is 4.90 Å². The van der Waals surface area contributed by atoms with Crippen molar-refractivity contribution in [2.45, 2.75) is 32.7 Å². The summed E-state index contributed by atoms with van der Waals surface area (Å²) in [5.74, 6) is 0.190. The van der Waals surface area contributed by atoms with E-state index < -0.39 is 0 Å². The van der Waals surface area contributed by atoms with Crippen LogP contribution in [0.5, 0.6) is 0 Å². The monoisotopic (exact) mass is 233 g/mol. The number of amides is 1. The first-order valence-corrected chi connectivity index (χ1v) is 5.40. The number of nitrogens with zero attached hydrogens (tertiary/aromatic N) is 1. The van der Waals surface area contributed by atoms with Crippen molar-refractivity contribution in [3.05, 3.63) is 0 Å². The SMILES string of the molecule is CN(C(=O)CBr)C1CC(C)(C)C1. The molecule has 0 aromatic rings. The summed E-state index contributed by atoms with van der Waals surface area (Å²) in [6, 6.07) is 0.477. The van der Waals surface area contributed by atoms with Gasteiger partial charge in [-0.15, -0.1) is 0 Å². The molecule has 0 radical (unpaired) electrons. The zero-order chi connectivity index (χ0) is 9.35. The summed E-state index contributed by atoms with van der Waals surface area (Å²) in [4.78, 5) is 13.1. The lowest BCUT2D eigenvalue weighted by atomic mass is 9.68. The van der Waals surface area contributed by atoms with Gasteiger partial charge in [-0.05, 0) is 18.3 Å². The minimum absolute atomic E-state index is 0.190. The Labute approximate surface area is 82.4 Å². The topological polar surface area (TPSA) is 20.3 Å². The van der Waals surface area contributed by atoms with Crippen molar-refractivity contribution < 1.29 is 4.79 Å². The maximum atomic E-state index is 11.2. The molecule has 1 saturated carbocycles. The van der Waals surface area contributed by atoms with Gasteiger partial charge in [-0.2, -0.15) is 0 Å². The van der Waals surface area contributed by atoms with Crippen LogP contribution in [0.1, 0.15) is 26.7 Å². The molecule has 1 aliphatic rings. The fraction of sp³-hybridized carbons (Fsp3) is 0.889. The molecule has 0 N–H and O–H groups in total. The Kier molecular flexibility index (Phi) is 2.81. The molecule has 70 valence electrons. The molecule has 2 nitrogen and oxygen atoms in total. The van der Waals surface area contributed by atoms with Gasteiger partial charge in [0.05, 0.1) is 5.33 Å². The van der Waals surface area contributed by atoms with Gasteiger partial charge >= 0.3 is 0 Å². The fourth-order valence-corrected chi connectivity index (χ4v) is 2.18. The Bertz CT molecular complexity index is 183. The lowest BCUT2D eigenvalue weighted by Crippen LogP contribution is -2.49. The van der Waals surface area contributed by atoms with E-state index in [-0.39, 0.29) is 5.91 Å². The smallest absolute Gasteiger partial charge is 0.233 e. The number of rotatable bonds is 2. The third kappa shape index (κ3) is 2.00. The Balaban J connectivity index is 2.38. The van der Waals surface area contributed by atoms with Gasteiger partial charge in [0.1, 0.15) is 0 Å². The highest BCUT2D eigenvalue weighted by atomic mass is 79.9. The first-order chi connectivity index (χ1) is 5.46. The highest BCUT2D eigenvalue weighted by Crippen LogP contribution is 2.42. The highest BCUT2D eigenvalue weighted by molar-refractivity contribution is 9.09. The number of carbonyl (C=O) groups excluding carboxylic acids is 1. The quantitative estimate of drug-likeness (QED) is 0.669. The van der Waals surface area contributed by atoms with Gasteiger partial charge in [0.25, 0.3) is 0 Å². The predicted molar refractivity (Wildman–Crippen MR) is 53.4 cm³/mol. The molecule has 1 amide bonds. The third-order valence-corrected chi connectivity index (χ3v) is 3.11. The Morgan fingerprint density at radius 3 is 2.42 bits per heavy atom. The van der Waals surface area contributed by atoms with Crippen molar-refractivity contribution in [2.75, 3.05) is 12.4 Å². The summed E-state index contributed by atoms with van der Waals surface area (Å²) < 4.78 is 0. The molecule has 0 aliphatic heterocycles. The first-order valence-electron chi connectivity index (χ1n) is 4.28. The van der Waals surface area contributed by atoms with Gasteiger partial charge in [-0.25, -0.2) is 0 Å². The van der Waals surface area contributed by atoms with E-state index in [4.69, 9.17) is 0 Å². The van der Waals surface area contributed by atoms with Crippen LogP contribution in [0, 0.1) is 5.41 Å². The van der Waals surface area contributed by atoms with E-state index in [0.717, 1.165) is 12.8 Å². The van der Waals surface area contributed by atoms with E-state index in [2.05, 4.69) is 29.8 Å². The molecular weight excluding hydrogens is 218 g/mol. The molecule has 1 aliphatic carbocycles. The molecule has 0 saturated heterocycles. The van der Waals surface area contributed by atoms with E-state index in [1.165, 1.54) is 0 Å². The largest absolute Gasteiger partial charge is 0.342 e.